The van der Waals surface area contributed by atoms with Gasteiger partial charge in [-0.1, -0.05) is 24.3 Å². The van der Waals surface area contributed by atoms with Crippen LogP contribution in [-0.2, 0) is 9.47 Å². The highest BCUT2D eigenvalue weighted by Crippen LogP contribution is 2.45. The van der Waals surface area contributed by atoms with Crippen molar-refractivity contribution in [3.05, 3.63) is 35.9 Å². The number of benzene rings is 2. The third kappa shape index (κ3) is 3.48. The first kappa shape index (κ1) is 18.5. The molecule has 6 nitrogen and oxygen atoms in total. The summed E-state index contributed by atoms with van der Waals surface area (Å²) in [5.41, 5.74) is 1.06. The second kappa shape index (κ2) is 7.13. The van der Waals surface area contributed by atoms with Crippen LogP contribution < -0.4 is 9.64 Å². The molecule has 2 aromatic carbocycles. The van der Waals surface area contributed by atoms with E-state index in [1.54, 1.807) is 12.0 Å². The third-order valence-electron chi connectivity index (χ3n) is 4.30. The minimum atomic E-state index is -0.596. The topological polar surface area (TPSA) is 68.2 Å². The Morgan fingerprint density at radius 2 is 1.96 bits per heavy atom. The van der Waals surface area contributed by atoms with Crippen molar-refractivity contribution in [3.8, 4) is 5.75 Å². The second-order valence-corrected chi connectivity index (χ2v) is 7.37. The summed E-state index contributed by atoms with van der Waals surface area (Å²) in [7, 11) is 1.56. The molecule has 140 valence electrons. The molecular weight excluding hydrogens is 334 g/mol. The van der Waals surface area contributed by atoms with Crippen molar-refractivity contribution in [1.29, 1.82) is 0 Å². The van der Waals surface area contributed by atoms with Crippen LogP contribution in [0, 0.1) is 0 Å². The molecule has 1 aliphatic heterocycles. The molecule has 0 aliphatic carbocycles. The first-order chi connectivity index (χ1) is 12.4. The van der Waals surface area contributed by atoms with Gasteiger partial charge in [0, 0.05) is 31.0 Å². The van der Waals surface area contributed by atoms with E-state index in [1.165, 1.54) is 0 Å². The summed E-state index contributed by atoms with van der Waals surface area (Å²) >= 11 is 0. The molecule has 2 aromatic rings. The van der Waals surface area contributed by atoms with Gasteiger partial charge in [0.15, 0.2) is 6.79 Å². The van der Waals surface area contributed by atoms with E-state index in [2.05, 4.69) is 0 Å². The van der Waals surface area contributed by atoms with Gasteiger partial charge in [-0.2, -0.15) is 0 Å². The largest absolute Gasteiger partial charge is 0.467 e. The number of hydrogen-bond acceptors (Lipinski definition) is 5. The van der Waals surface area contributed by atoms with Crippen LogP contribution in [0.5, 0.6) is 5.75 Å². The van der Waals surface area contributed by atoms with Gasteiger partial charge in [-0.3, -0.25) is 4.90 Å². The number of aliphatic hydroxyl groups excluding tert-OH is 1. The standard InChI is InChI=1S/C20H25NO5/c1-20(2,3)26-19(23)21-10-13(11-22)18-15-8-6-5-7-14(15)17(9-16(18)21)25-12-24-4/h5-9,13,22H,10-12H2,1-4H3/t13-/m0/s1. The van der Waals surface area contributed by atoms with Gasteiger partial charge in [0.2, 0.25) is 0 Å². The fourth-order valence-corrected chi connectivity index (χ4v) is 3.29. The van der Waals surface area contributed by atoms with Crippen molar-refractivity contribution in [1.82, 2.24) is 0 Å². The number of ether oxygens (including phenoxy) is 3. The van der Waals surface area contributed by atoms with Crippen LogP contribution in [0.15, 0.2) is 30.3 Å². The zero-order chi connectivity index (χ0) is 18.9. The number of amides is 1. The van der Waals surface area contributed by atoms with Gasteiger partial charge < -0.3 is 19.3 Å². The molecular formula is C20H25NO5. The van der Waals surface area contributed by atoms with Crippen LogP contribution in [0.2, 0.25) is 0 Å². The number of aliphatic hydroxyl groups is 1. The smallest absolute Gasteiger partial charge is 0.414 e. The van der Waals surface area contributed by atoms with E-state index in [4.69, 9.17) is 14.2 Å². The van der Waals surface area contributed by atoms with Crippen LogP contribution in [0.4, 0.5) is 10.5 Å². The first-order valence-corrected chi connectivity index (χ1v) is 8.64. The minimum absolute atomic E-state index is 0.0471. The summed E-state index contributed by atoms with van der Waals surface area (Å²) in [5.74, 6) is 0.465. The Bertz CT molecular complexity index is 812. The van der Waals surface area contributed by atoms with Gasteiger partial charge in [0.05, 0.1) is 12.3 Å². The summed E-state index contributed by atoms with van der Waals surface area (Å²) < 4.78 is 16.3. The number of fused-ring (bicyclic) bond motifs is 3. The molecule has 0 aromatic heterocycles. The number of carbonyl (C=O) groups excluding carboxylic acids is 1. The monoisotopic (exact) mass is 359 g/mol. The SMILES string of the molecule is COCOc1cc2c(c3ccccc13)[C@H](CO)CN2C(=O)OC(C)(C)C. The van der Waals surface area contributed by atoms with Crippen LogP contribution >= 0.6 is 0 Å². The highest BCUT2D eigenvalue weighted by molar-refractivity contribution is 6.02. The minimum Gasteiger partial charge on any atom is -0.467 e. The number of carbonyl (C=O) groups is 1. The van der Waals surface area contributed by atoms with E-state index >= 15 is 0 Å². The van der Waals surface area contributed by atoms with E-state index in [0.29, 0.717) is 18.0 Å². The van der Waals surface area contributed by atoms with Gasteiger partial charge in [0.25, 0.3) is 0 Å². The van der Waals surface area contributed by atoms with Crippen molar-refractivity contribution in [2.45, 2.75) is 32.3 Å². The second-order valence-electron chi connectivity index (χ2n) is 7.37. The van der Waals surface area contributed by atoms with E-state index in [-0.39, 0.29) is 19.3 Å². The molecule has 0 saturated carbocycles. The van der Waals surface area contributed by atoms with Gasteiger partial charge in [-0.15, -0.1) is 0 Å². The summed E-state index contributed by atoms with van der Waals surface area (Å²) in [6.45, 7) is 5.93. The Kier molecular flexibility index (Phi) is 5.07. The quantitative estimate of drug-likeness (QED) is 0.844. The highest BCUT2D eigenvalue weighted by atomic mass is 16.7. The zero-order valence-electron chi connectivity index (χ0n) is 15.6. The Morgan fingerprint density at radius 3 is 2.58 bits per heavy atom. The van der Waals surface area contributed by atoms with Gasteiger partial charge in [0.1, 0.15) is 11.4 Å². The molecule has 0 bridgehead atoms. The maximum absolute atomic E-state index is 12.7. The number of rotatable bonds is 4. The van der Waals surface area contributed by atoms with Gasteiger partial charge in [-0.25, -0.2) is 4.79 Å². The van der Waals surface area contributed by atoms with Crippen molar-refractivity contribution in [2.75, 3.05) is 32.0 Å². The molecule has 1 aliphatic rings. The molecule has 0 spiro atoms. The number of anilines is 1. The molecule has 26 heavy (non-hydrogen) atoms. The average Bonchev–Trinajstić information content (AvgIpc) is 2.97. The maximum atomic E-state index is 12.7. The summed E-state index contributed by atoms with van der Waals surface area (Å²) in [4.78, 5) is 14.3. The lowest BCUT2D eigenvalue weighted by atomic mass is 9.95. The molecule has 1 heterocycles. The van der Waals surface area contributed by atoms with E-state index in [9.17, 15) is 9.90 Å². The average molecular weight is 359 g/mol. The predicted octanol–water partition coefficient (Wildman–Crippen LogP) is 3.65. The van der Waals surface area contributed by atoms with Crippen molar-refractivity contribution in [2.24, 2.45) is 0 Å². The summed E-state index contributed by atoms with van der Waals surface area (Å²) in [6, 6.07) is 9.65. The Hall–Kier alpha value is -2.31. The summed E-state index contributed by atoms with van der Waals surface area (Å²) in [6.07, 6.45) is -0.428. The van der Waals surface area contributed by atoms with Crippen molar-refractivity contribution in [3.63, 3.8) is 0 Å². The Morgan fingerprint density at radius 1 is 1.27 bits per heavy atom. The van der Waals surface area contributed by atoms with Crippen LogP contribution in [0.25, 0.3) is 10.8 Å². The van der Waals surface area contributed by atoms with E-state index < -0.39 is 11.7 Å². The molecule has 1 amide bonds. The summed E-state index contributed by atoms with van der Waals surface area (Å²) in [5, 5.41) is 11.8. The molecule has 1 N–H and O–H groups in total. The fraction of sp³-hybridized carbons (Fsp3) is 0.450. The molecule has 6 heteroatoms. The molecule has 0 radical (unpaired) electrons. The first-order valence-electron chi connectivity index (χ1n) is 8.64. The molecule has 1 atom stereocenters. The molecule has 0 saturated heterocycles. The van der Waals surface area contributed by atoms with E-state index in [1.807, 2.05) is 51.1 Å². The Balaban J connectivity index is 2.12. The predicted molar refractivity (Wildman–Crippen MR) is 99.9 cm³/mol. The zero-order valence-corrected chi connectivity index (χ0v) is 15.6. The molecule has 0 unspecified atom stereocenters. The highest BCUT2D eigenvalue weighted by Gasteiger charge is 2.36. The third-order valence-corrected chi connectivity index (χ3v) is 4.30. The lowest BCUT2D eigenvalue weighted by Gasteiger charge is -2.25. The van der Waals surface area contributed by atoms with Gasteiger partial charge >= 0.3 is 6.09 Å². The lowest BCUT2D eigenvalue weighted by molar-refractivity contribution is 0.0522. The normalized spacial score (nSPS) is 16.7. The van der Waals surface area contributed by atoms with E-state index in [0.717, 1.165) is 16.3 Å². The van der Waals surface area contributed by atoms with Crippen LogP contribution in [0.1, 0.15) is 32.3 Å². The van der Waals surface area contributed by atoms with Crippen LogP contribution in [0.3, 0.4) is 0 Å². The lowest BCUT2D eigenvalue weighted by Crippen LogP contribution is -2.36. The Labute approximate surface area is 153 Å². The number of hydrogen-bond donors (Lipinski definition) is 1. The van der Waals surface area contributed by atoms with Gasteiger partial charge in [-0.05, 0) is 31.7 Å². The fourth-order valence-electron chi connectivity index (χ4n) is 3.29. The van der Waals surface area contributed by atoms with Crippen molar-refractivity contribution < 1.29 is 24.1 Å². The number of methoxy groups -OCH3 is 1. The molecule has 0 fully saturated rings. The number of nitrogens with zero attached hydrogens (tertiary/aromatic N) is 1. The molecule has 3 rings (SSSR count). The van der Waals surface area contributed by atoms with Crippen molar-refractivity contribution >= 4 is 22.6 Å². The van der Waals surface area contributed by atoms with Crippen LogP contribution in [-0.4, -0.2) is 43.9 Å². The maximum Gasteiger partial charge on any atom is 0.414 e.